The van der Waals surface area contributed by atoms with Crippen molar-refractivity contribution < 1.29 is 39.8 Å². The van der Waals surface area contributed by atoms with Gasteiger partial charge in [-0.2, -0.15) is 0 Å². The minimum Gasteiger partial charge on any atom is -0.479 e. The molecule has 1 rings (SSSR count). The SMILES string of the molecule is C[C@@H](O[C@@H]1[C@H](O)[C@@H](O)O[C@H](CO)[C@H]1O)C(=O)O. The van der Waals surface area contributed by atoms with Crippen molar-refractivity contribution in [1.82, 2.24) is 0 Å². The average molecular weight is 252 g/mol. The summed E-state index contributed by atoms with van der Waals surface area (Å²) in [6, 6.07) is 0. The molecule has 0 bridgehead atoms. The third-order valence-corrected chi connectivity index (χ3v) is 2.55. The lowest BCUT2D eigenvalue weighted by Crippen LogP contribution is -2.60. The van der Waals surface area contributed by atoms with E-state index < -0.39 is 49.4 Å². The molecule has 1 fully saturated rings. The van der Waals surface area contributed by atoms with E-state index in [1.54, 1.807) is 0 Å². The minimum absolute atomic E-state index is 0.591. The van der Waals surface area contributed by atoms with Crippen molar-refractivity contribution in [2.75, 3.05) is 6.61 Å². The van der Waals surface area contributed by atoms with Gasteiger partial charge < -0.3 is 35.0 Å². The number of carboxylic acids is 1. The topological polar surface area (TPSA) is 137 Å². The number of carboxylic acid groups (broad SMARTS) is 1. The molecule has 8 nitrogen and oxygen atoms in total. The van der Waals surface area contributed by atoms with Crippen LogP contribution >= 0.6 is 0 Å². The zero-order valence-corrected chi connectivity index (χ0v) is 9.13. The summed E-state index contributed by atoms with van der Waals surface area (Å²) in [4.78, 5) is 10.6. The lowest BCUT2D eigenvalue weighted by atomic mass is 9.99. The lowest BCUT2D eigenvalue weighted by molar-refractivity contribution is -0.298. The summed E-state index contributed by atoms with van der Waals surface area (Å²) in [6.45, 7) is 0.629. The second-order valence-electron chi connectivity index (χ2n) is 3.81. The molecule has 6 atom stereocenters. The summed E-state index contributed by atoms with van der Waals surface area (Å²) in [5, 5.41) is 46.0. The number of aliphatic hydroxyl groups excluding tert-OH is 4. The molecule has 0 amide bonds. The Hall–Kier alpha value is -0.770. The highest BCUT2D eigenvalue weighted by atomic mass is 16.6. The Kier molecular flexibility index (Phi) is 4.80. The molecule has 5 N–H and O–H groups in total. The highest BCUT2D eigenvalue weighted by Gasteiger charge is 2.45. The van der Waals surface area contributed by atoms with Crippen molar-refractivity contribution in [2.24, 2.45) is 0 Å². The largest absolute Gasteiger partial charge is 0.479 e. The zero-order valence-electron chi connectivity index (χ0n) is 9.13. The van der Waals surface area contributed by atoms with Crippen LogP contribution < -0.4 is 0 Å². The maximum absolute atomic E-state index is 10.6. The predicted molar refractivity (Wildman–Crippen MR) is 52.0 cm³/mol. The Balaban J connectivity index is 2.74. The van der Waals surface area contributed by atoms with Crippen LogP contribution in [0.3, 0.4) is 0 Å². The number of hydrogen-bond acceptors (Lipinski definition) is 7. The quantitative estimate of drug-likeness (QED) is 0.364. The van der Waals surface area contributed by atoms with E-state index in [1.165, 1.54) is 6.92 Å². The fourth-order valence-electron chi connectivity index (χ4n) is 1.52. The second-order valence-corrected chi connectivity index (χ2v) is 3.81. The van der Waals surface area contributed by atoms with Gasteiger partial charge in [0.1, 0.15) is 24.4 Å². The first kappa shape index (κ1) is 14.3. The minimum atomic E-state index is -1.65. The number of aliphatic carboxylic acids is 1. The van der Waals surface area contributed by atoms with Crippen LogP contribution in [0.25, 0.3) is 0 Å². The van der Waals surface area contributed by atoms with Gasteiger partial charge in [0.15, 0.2) is 12.4 Å². The average Bonchev–Trinajstić information content (AvgIpc) is 2.28. The van der Waals surface area contributed by atoms with Gasteiger partial charge in [-0.05, 0) is 6.92 Å². The van der Waals surface area contributed by atoms with Gasteiger partial charge in [0.2, 0.25) is 0 Å². The molecule has 0 aromatic carbocycles. The maximum atomic E-state index is 10.6. The first-order chi connectivity index (χ1) is 7.88. The van der Waals surface area contributed by atoms with Crippen molar-refractivity contribution >= 4 is 5.97 Å². The molecule has 0 aromatic rings. The molecule has 1 saturated heterocycles. The maximum Gasteiger partial charge on any atom is 0.332 e. The molecule has 8 heteroatoms. The van der Waals surface area contributed by atoms with Gasteiger partial charge in [-0.1, -0.05) is 0 Å². The molecule has 0 spiro atoms. The van der Waals surface area contributed by atoms with E-state index in [-0.39, 0.29) is 0 Å². The summed E-state index contributed by atoms with van der Waals surface area (Å²) in [5.41, 5.74) is 0. The van der Waals surface area contributed by atoms with Crippen molar-refractivity contribution in [3.63, 3.8) is 0 Å². The molecule has 17 heavy (non-hydrogen) atoms. The molecular weight excluding hydrogens is 236 g/mol. The number of carbonyl (C=O) groups is 1. The second kappa shape index (κ2) is 5.71. The van der Waals surface area contributed by atoms with E-state index in [0.29, 0.717) is 0 Å². The number of aliphatic hydroxyl groups is 4. The zero-order chi connectivity index (χ0) is 13.2. The summed E-state index contributed by atoms with van der Waals surface area (Å²) in [5.74, 6) is -1.27. The first-order valence-electron chi connectivity index (χ1n) is 5.07. The predicted octanol–water partition coefficient (Wildman–Crippen LogP) is -2.72. The Morgan fingerprint density at radius 1 is 1.35 bits per heavy atom. The van der Waals surface area contributed by atoms with Crippen LogP contribution in [0.5, 0.6) is 0 Å². The van der Waals surface area contributed by atoms with Gasteiger partial charge in [0.25, 0.3) is 0 Å². The Bertz CT molecular complexity index is 270. The van der Waals surface area contributed by atoms with Crippen LogP contribution in [0.1, 0.15) is 6.92 Å². The standard InChI is InChI=1S/C9H16O8/c1-3(8(13)14)16-7-5(11)4(2-10)17-9(15)6(7)12/h3-7,9-12,15H,2H2,1H3,(H,13,14)/t3-,4-,5-,6+,7+,9+/m1/s1. The highest BCUT2D eigenvalue weighted by Crippen LogP contribution is 2.23. The fourth-order valence-corrected chi connectivity index (χ4v) is 1.52. The number of hydrogen-bond donors (Lipinski definition) is 5. The number of rotatable bonds is 4. The van der Waals surface area contributed by atoms with Crippen LogP contribution in [0.2, 0.25) is 0 Å². The Labute approximate surface area is 97.0 Å². The first-order valence-corrected chi connectivity index (χ1v) is 5.07. The highest BCUT2D eigenvalue weighted by molar-refractivity contribution is 5.71. The fraction of sp³-hybridized carbons (Fsp3) is 0.889. The van der Waals surface area contributed by atoms with E-state index in [1.807, 2.05) is 0 Å². The normalized spacial score (nSPS) is 39.9. The monoisotopic (exact) mass is 252 g/mol. The van der Waals surface area contributed by atoms with E-state index in [9.17, 15) is 20.1 Å². The smallest absolute Gasteiger partial charge is 0.332 e. The van der Waals surface area contributed by atoms with Crippen LogP contribution in [0.15, 0.2) is 0 Å². The Morgan fingerprint density at radius 3 is 2.41 bits per heavy atom. The van der Waals surface area contributed by atoms with Gasteiger partial charge >= 0.3 is 5.97 Å². The van der Waals surface area contributed by atoms with Gasteiger partial charge in [-0.15, -0.1) is 0 Å². The van der Waals surface area contributed by atoms with Crippen LogP contribution in [-0.2, 0) is 14.3 Å². The van der Waals surface area contributed by atoms with Gasteiger partial charge in [-0.3, -0.25) is 0 Å². The molecular formula is C9H16O8. The van der Waals surface area contributed by atoms with E-state index in [4.69, 9.17) is 19.7 Å². The summed E-state index contributed by atoms with van der Waals surface area (Å²) in [7, 11) is 0. The van der Waals surface area contributed by atoms with Gasteiger partial charge in [-0.25, -0.2) is 4.79 Å². The molecule has 0 radical (unpaired) electrons. The Morgan fingerprint density at radius 2 is 1.94 bits per heavy atom. The summed E-state index contributed by atoms with van der Waals surface area (Å²) < 4.78 is 9.64. The van der Waals surface area contributed by atoms with E-state index in [0.717, 1.165) is 0 Å². The van der Waals surface area contributed by atoms with E-state index in [2.05, 4.69) is 0 Å². The lowest BCUT2D eigenvalue weighted by Gasteiger charge is -2.40. The third kappa shape index (κ3) is 3.12. The molecule has 0 aromatic heterocycles. The van der Waals surface area contributed by atoms with Crippen molar-refractivity contribution in [1.29, 1.82) is 0 Å². The molecule has 1 aliphatic heterocycles. The van der Waals surface area contributed by atoms with E-state index >= 15 is 0 Å². The van der Waals surface area contributed by atoms with Crippen LogP contribution in [0, 0.1) is 0 Å². The summed E-state index contributed by atoms with van der Waals surface area (Å²) in [6.07, 6.45) is -8.42. The van der Waals surface area contributed by atoms with Crippen molar-refractivity contribution in [2.45, 2.75) is 43.7 Å². The van der Waals surface area contributed by atoms with Crippen molar-refractivity contribution in [3.8, 4) is 0 Å². The van der Waals surface area contributed by atoms with Crippen molar-refractivity contribution in [3.05, 3.63) is 0 Å². The third-order valence-electron chi connectivity index (χ3n) is 2.55. The van der Waals surface area contributed by atoms with Crippen LogP contribution in [-0.4, -0.2) is 74.9 Å². The summed E-state index contributed by atoms with van der Waals surface area (Å²) >= 11 is 0. The number of ether oxygens (including phenoxy) is 2. The molecule has 1 aliphatic rings. The molecule has 1 heterocycles. The molecule has 0 aliphatic carbocycles. The molecule has 0 saturated carbocycles. The van der Waals surface area contributed by atoms with Crippen LogP contribution in [0.4, 0.5) is 0 Å². The van der Waals surface area contributed by atoms with Gasteiger partial charge in [0, 0.05) is 0 Å². The molecule has 0 unspecified atom stereocenters. The van der Waals surface area contributed by atoms with Gasteiger partial charge in [0.05, 0.1) is 6.61 Å². The molecule has 100 valence electrons.